The third-order valence-electron chi connectivity index (χ3n) is 6.26. The number of hydrogen-bond acceptors (Lipinski definition) is 6. The van der Waals surface area contributed by atoms with Crippen LogP contribution in [0.3, 0.4) is 0 Å². The number of ether oxygens (including phenoxy) is 1. The molecule has 2 rings (SSSR count). The van der Waals surface area contributed by atoms with Gasteiger partial charge in [-0.2, -0.15) is 0 Å². The predicted octanol–water partition coefficient (Wildman–Crippen LogP) is 1.13. The Labute approximate surface area is 213 Å². The van der Waals surface area contributed by atoms with E-state index < -0.39 is 30.0 Å². The first-order valence-corrected chi connectivity index (χ1v) is 12.3. The average Bonchev–Trinajstić information content (AvgIpc) is 3.21. The molecule has 1 aliphatic rings. The molecule has 1 saturated heterocycles. The quantitative estimate of drug-likeness (QED) is 0.493. The zero-order chi connectivity index (χ0) is 27.2. The van der Waals surface area contributed by atoms with Gasteiger partial charge in [0.25, 0.3) is 11.8 Å². The summed E-state index contributed by atoms with van der Waals surface area (Å²) < 4.78 is 5.59. The average molecular weight is 505 g/mol. The molecule has 1 aromatic carbocycles. The predicted molar refractivity (Wildman–Crippen MR) is 135 cm³/mol. The molecule has 1 fully saturated rings. The van der Waals surface area contributed by atoms with E-state index >= 15 is 0 Å². The van der Waals surface area contributed by atoms with Crippen molar-refractivity contribution in [3.05, 3.63) is 29.8 Å². The molecule has 0 saturated carbocycles. The van der Waals surface area contributed by atoms with E-state index in [1.165, 1.54) is 9.80 Å². The topological polar surface area (TPSA) is 119 Å². The normalized spacial score (nSPS) is 18.2. The van der Waals surface area contributed by atoms with Gasteiger partial charge >= 0.3 is 0 Å². The maximum atomic E-state index is 13.6. The fraction of sp³-hybridized carbons (Fsp3) is 0.615. The van der Waals surface area contributed by atoms with Crippen molar-refractivity contribution in [2.75, 3.05) is 34.3 Å². The number of carbonyl (C=O) groups is 4. The molecule has 2 N–H and O–H groups in total. The molecule has 200 valence electrons. The molecule has 1 aliphatic heterocycles. The lowest BCUT2D eigenvalue weighted by Gasteiger charge is -2.32. The van der Waals surface area contributed by atoms with E-state index in [2.05, 4.69) is 5.32 Å². The summed E-state index contributed by atoms with van der Waals surface area (Å²) in [6, 6.07) is 4.75. The van der Waals surface area contributed by atoms with Gasteiger partial charge in [0.2, 0.25) is 11.8 Å². The zero-order valence-electron chi connectivity index (χ0n) is 22.4. The molecule has 1 aromatic rings. The Morgan fingerprint density at radius 3 is 2.33 bits per heavy atom. The number of carbonyl (C=O) groups excluding carboxylic acids is 4. The lowest BCUT2D eigenvalue weighted by molar-refractivity contribution is -0.145. The van der Waals surface area contributed by atoms with E-state index in [4.69, 9.17) is 4.74 Å². The highest BCUT2D eigenvalue weighted by Gasteiger charge is 2.43. The SMILES string of the molecule is CC(C)C[C@@H](NC(=O)c1ccccc1OCC(=O)N(C)C)C(=O)N1C[C@H](O)C[C@H]1C(=O)N(C)C(C)C. The summed E-state index contributed by atoms with van der Waals surface area (Å²) in [5, 5.41) is 13.1. The molecule has 0 bridgehead atoms. The Bertz CT molecular complexity index is 948. The van der Waals surface area contributed by atoms with Crippen LogP contribution in [0.25, 0.3) is 0 Å². The van der Waals surface area contributed by atoms with Crippen molar-refractivity contribution in [2.24, 2.45) is 5.92 Å². The molecule has 0 radical (unpaired) electrons. The second-order valence-electron chi connectivity index (χ2n) is 10.2. The standard InChI is InChI=1S/C26H40N4O6/c1-16(2)12-20(25(34)30-14-18(31)13-21(30)26(35)29(7)17(3)4)27-24(33)19-10-8-9-11-22(19)36-15-23(32)28(5)6/h8-11,16-18,20-21,31H,12-15H2,1-7H3,(H,27,33)/t18-,20-,21+/m1/s1. The maximum Gasteiger partial charge on any atom is 0.259 e. The molecular weight excluding hydrogens is 464 g/mol. The fourth-order valence-corrected chi connectivity index (χ4v) is 3.96. The van der Waals surface area contributed by atoms with E-state index in [1.807, 2.05) is 27.7 Å². The highest BCUT2D eigenvalue weighted by molar-refractivity contribution is 6.00. The van der Waals surface area contributed by atoms with Crippen molar-refractivity contribution in [2.45, 2.75) is 64.8 Å². The van der Waals surface area contributed by atoms with Gasteiger partial charge in [-0.05, 0) is 38.3 Å². The van der Waals surface area contributed by atoms with Crippen LogP contribution >= 0.6 is 0 Å². The van der Waals surface area contributed by atoms with Gasteiger partial charge in [-0.3, -0.25) is 19.2 Å². The van der Waals surface area contributed by atoms with Gasteiger partial charge in [0, 0.05) is 40.2 Å². The van der Waals surface area contributed by atoms with Crippen LogP contribution in [-0.4, -0.2) is 102 Å². The van der Waals surface area contributed by atoms with Crippen LogP contribution in [0.15, 0.2) is 24.3 Å². The number of amides is 4. The molecule has 10 nitrogen and oxygen atoms in total. The summed E-state index contributed by atoms with van der Waals surface area (Å²) in [7, 11) is 4.89. The monoisotopic (exact) mass is 504 g/mol. The van der Waals surface area contributed by atoms with Crippen LogP contribution in [0.5, 0.6) is 5.75 Å². The van der Waals surface area contributed by atoms with Crippen molar-refractivity contribution >= 4 is 23.6 Å². The molecule has 3 atom stereocenters. The molecule has 10 heteroatoms. The van der Waals surface area contributed by atoms with Crippen LogP contribution in [0.1, 0.15) is 50.9 Å². The summed E-state index contributed by atoms with van der Waals surface area (Å²) in [5.74, 6) is -1.14. The van der Waals surface area contributed by atoms with Crippen molar-refractivity contribution in [1.29, 1.82) is 0 Å². The zero-order valence-corrected chi connectivity index (χ0v) is 22.4. The van der Waals surface area contributed by atoms with E-state index in [1.54, 1.807) is 50.3 Å². The van der Waals surface area contributed by atoms with Crippen LogP contribution in [-0.2, 0) is 14.4 Å². The van der Waals surface area contributed by atoms with Crippen LogP contribution < -0.4 is 10.1 Å². The van der Waals surface area contributed by atoms with Crippen molar-refractivity contribution in [3.8, 4) is 5.75 Å². The number of rotatable bonds is 10. The number of benzene rings is 1. The first kappa shape index (κ1) is 29.1. The molecule has 0 unspecified atom stereocenters. The smallest absolute Gasteiger partial charge is 0.259 e. The Hall–Kier alpha value is -3.14. The van der Waals surface area contributed by atoms with Crippen LogP contribution in [0, 0.1) is 5.92 Å². The van der Waals surface area contributed by atoms with Gasteiger partial charge in [0.15, 0.2) is 6.61 Å². The molecule has 4 amide bonds. The molecule has 0 spiro atoms. The first-order chi connectivity index (χ1) is 16.8. The Morgan fingerprint density at radius 2 is 1.75 bits per heavy atom. The number of aliphatic hydroxyl groups excluding tert-OH is 1. The van der Waals surface area contributed by atoms with Gasteiger partial charge in [-0.1, -0.05) is 26.0 Å². The van der Waals surface area contributed by atoms with Gasteiger partial charge in [-0.25, -0.2) is 0 Å². The van der Waals surface area contributed by atoms with Crippen molar-refractivity contribution < 1.29 is 29.0 Å². The number of para-hydroxylation sites is 1. The summed E-state index contributed by atoms with van der Waals surface area (Å²) in [6.45, 7) is 7.42. The van der Waals surface area contributed by atoms with E-state index in [0.717, 1.165) is 0 Å². The number of hydrogen-bond donors (Lipinski definition) is 2. The third kappa shape index (κ3) is 7.43. The van der Waals surface area contributed by atoms with Gasteiger partial charge in [0.05, 0.1) is 11.7 Å². The third-order valence-corrected chi connectivity index (χ3v) is 6.26. The second kappa shape index (κ2) is 12.7. The first-order valence-electron chi connectivity index (χ1n) is 12.3. The van der Waals surface area contributed by atoms with E-state index in [9.17, 15) is 24.3 Å². The molecule has 0 aromatic heterocycles. The molecular formula is C26H40N4O6. The van der Waals surface area contributed by atoms with Crippen molar-refractivity contribution in [3.63, 3.8) is 0 Å². The minimum Gasteiger partial charge on any atom is -0.483 e. The lowest BCUT2D eigenvalue weighted by atomic mass is 10.0. The van der Waals surface area contributed by atoms with Crippen LogP contribution in [0.2, 0.25) is 0 Å². The lowest BCUT2D eigenvalue weighted by Crippen LogP contribution is -2.54. The Balaban J connectivity index is 2.25. The Kier molecular flexibility index (Phi) is 10.3. The van der Waals surface area contributed by atoms with E-state index in [0.29, 0.717) is 6.42 Å². The number of aliphatic hydroxyl groups is 1. The van der Waals surface area contributed by atoms with Gasteiger partial charge in [0.1, 0.15) is 17.8 Å². The van der Waals surface area contributed by atoms with Gasteiger partial charge < -0.3 is 29.9 Å². The Morgan fingerprint density at radius 1 is 1.11 bits per heavy atom. The largest absolute Gasteiger partial charge is 0.483 e. The summed E-state index contributed by atoms with van der Waals surface area (Å²) in [6.07, 6.45) is -0.317. The minimum atomic E-state index is -0.904. The molecule has 0 aliphatic carbocycles. The number of nitrogens with one attached hydrogen (secondary N) is 1. The number of likely N-dealkylation sites (tertiary alicyclic amines) is 1. The second-order valence-corrected chi connectivity index (χ2v) is 10.2. The highest BCUT2D eigenvalue weighted by atomic mass is 16.5. The van der Waals surface area contributed by atoms with Crippen molar-refractivity contribution in [1.82, 2.24) is 20.0 Å². The number of β-amino-alcohol motifs (C(OH)–C–C–N with tert-alkyl or cyclic N) is 1. The fourth-order valence-electron chi connectivity index (χ4n) is 3.96. The molecule has 1 heterocycles. The van der Waals surface area contributed by atoms with Gasteiger partial charge in [-0.15, -0.1) is 0 Å². The number of likely N-dealkylation sites (N-methyl/N-ethyl adjacent to an activating group) is 2. The maximum absolute atomic E-state index is 13.6. The highest BCUT2D eigenvalue weighted by Crippen LogP contribution is 2.24. The number of nitrogens with zero attached hydrogens (tertiary/aromatic N) is 3. The van der Waals surface area contributed by atoms with E-state index in [-0.39, 0.29) is 54.7 Å². The molecule has 36 heavy (non-hydrogen) atoms. The van der Waals surface area contributed by atoms with Crippen LogP contribution in [0.4, 0.5) is 0 Å². The summed E-state index contributed by atoms with van der Waals surface area (Å²) in [5.41, 5.74) is 0.194. The summed E-state index contributed by atoms with van der Waals surface area (Å²) in [4.78, 5) is 56.2. The minimum absolute atomic E-state index is 0.0258. The summed E-state index contributed by atoms with van der Waals surface area (Å²) >= 11 is 0.